The van der Waals surface area contributed by atoms with Crippen LogP contribution < -0.4 is 4.90 Å². The standard InChI is InChI=1S/C60H47N/c1-59(2)53-30-15-14-25-49(53)52-39-44(37-38-55(52)59)61(43-35-33-42(34-36-43)47-28-17-29-51-48-24-13-16-31-54(48)60(3,4)58(47)51)56-32-18-27-46(41-21-9-6-10-22-41)57(56)50-26-12-11-23-45(50)40-19-7-5-8-20-40/h5-39H,1-4H3. The number of nitrogens with zero attached hydrogens (tertiary/aromatic N) is 1. The van der Waals surface area contributed by atoms with Crippen LogP contribution >= 0.6 is 0 Å². The second-order valence-corrected chi connectivity index (χ2v) is 17.7. The largest absolute Gasteiger partial charge is 0.310 e. The van der Waals surface area contributed by atoms with Gasteiger partial charge >= 0.3 is 0 Å². The molecule has 0 amide bonds. The lowest BCUT2D eigenvalue weighted by Gasteiger charge is -2.31. The third kappa shape index (κ3) is 5.83. The van der Waals surface area contributed by atoms with Crippen molar-refractivity contribution in [2.24, 2.45) is 0 Å². The van der Waals surface area contributed by atoms with Gasteiger partial charge in [0.2, 0.25) is 0 Å². The molecule has 0 spiro atoms. The van der Waals surface area contributed by atoms with Gasteiger partial charge in [-0.2, -0.15) is 0 Å². The molecule has 292 valence electrons. The molecule has 0 aromatic heterocycles. The van der Waals surface area contributed by atoms with E-state index >= 15 is 0 Å². The van der Waals surface area contributed by atoms with Gasteiger partial charge in [-0.3, -0.25) is 0 Å². The summed E-state index contributed by atoms with van der Waals surface area (Å²) in [5, 5.41) is 0. The molecule has 0 atom stereocenters. The smallest absolute Gasteiger partial charge is 0.0546 e. The predicted molar refractivity (Wildman–Crippen MR) is 258 cm³/mol. The van der Waals surface area contributed by atoms with Crippen LogP contribution in [0.5, 0.6) is 0 Å². The van der Waals surface area contributed by atoms with E-state index in [4.69, 9.17) is 0 Å². The first-order chi connectivity index (χ1) is 29.8. The van der Waals surface area contributed by atoms with E-state index in [-0.39, 0.29) is 10.8 Å². The van der Waals surface area contributed by atoms with Gasteiger partial charge in [0.1, 0.15) is 0 Å². The van der Waals surface area contributed by atoms with Crippen LogP contribution in [0.3, 0.4) is 0 Å². The van der Waals surface area contributed by atoms with Gasteiger partial charge in [-0.25, -0.2) is 0 Å². The van der Waals surface area contributed by atoms with Crippen molar-refractivity contribution in [2.75, 3.05) is 4.90 Å². The summed E-state index contributed by atoms with van der Waals surface area (Å²) in [6, 6.07) is 78.6. The normalized spacial score (nSPS) is 13.8. The Bertz CT molecular complexity index is 3120. The summed E-state index contributed by atoms with van der Waals surface area (Å²) in [4.78, 5) is 2.50. The lowest BCUT2D eigenvalue weighted by Crippen LogP contribution is -2.16. The molecular formula is C60H47N. The van der Waals surface area contributed by atoms with Crippen LogP contribution in [-0.2, 0) is 10.8 Å². The zero-order valence-corrected chi connectivity index (χ0v) is 35.2. The maximum atomic E-state index is 2.50. The fraction of sp³-hybridized carbons (Fsp3) is 0.100. The van der Waals surface area contributed by atoms with E-state index in [1.54, 1.807) is 0 Å². The Morgan fingerprint density at radius 3 is 1.44 bits per heavy atom. The molecule has 11 rings (SSSR count). The highest BCUT2D eigenvalue weighted by Gasteiger charge is 2.38. The van der Waals surface area contributed by atoms with Gasteiger partial charge < -0.3 is 4.90 Å². The first-order valence-corrected chi connectivity index (χ1v) is 21.5. The molecule has 2 aliphatic carbocycles. The zero-order chi connectivity index (χ0) is 41.3. The Hall–Kier alpha value is -7.22. The molecule has 9 aromatic rings. The molecule has 0 bridgehead atoms. The molecule has 1 nitrogen and oxygen atoms in total. The van der Waals surface area contributed by atoms with Gasteiger partial charge in [-0.1, -0.05) is 210 Å². The SMILES string of the molecule is CC1(C)c2ccccc2-c2cc(N(c3ccc(-c4cccc5c4C(C)(C)c4ccccc4-5)cc3)c3cccc(-c4ccccc4)c3-c3ccccc3-c3ccccc3)ccc21. The van der Waals surface area contributed by atoms with E-state index in [2.05, 4.69) is 245 Å². The summed E-state index contributed by atoms with van der Waals surface area (Å²) in [5.74, 6) is 0. The molecule has 0 saturated carbocycles. The Morgan fingerprint density at radius 2 is 0.754 bits per heavy atom. The number of benzene rings is 9. The first kappa shape index (κ1) is 36.8. The number of anilines is 3. The Kier molecular flexibility index (Phi) is 8.58. The van der Waals surface area contributed by atoms with Gasteiger partial charge in [0.25, 0.3) is 0 Å². The number of hydrogen-bond acceptors (Lipinski definition) is 1. The molecule has 0 N–H and O–H groups in total. The highest BCUT2D eigenvalue weighted by Crippen LogP contribution is 2.54. The highest BCUT2D eigenvalue weighted by molar-refractivity contribution is 6.02. The van der Waals surface area contributed by atoms with Crippen LogP contribution in [0.1, 0.15) is 49.9 Å². The van der Waals surface area contributed by atoms with E-state index in [9.17, 15) is 0 Å². The third-order valence-corrected chi connectivity index (χ3v) is 13.5. The summed E-state index contributed by atoms with van der Waals surface area (Å²) >= 11 is 0. The summed E-state index contributed by atoms with van der Waals surface area (Å²) in [6.45, 7) is 9.46. The van der Waals surface area contributed by atoms with Crippen molar-refractivity contribution in [3.05, 3.63) is 235 Å². The molecule has 0 heterocycles. The number of hydrogen-bond donors (Lipinski definition) is 0. The van der Waals surface area contributed by atoms with Crippen molar-refractivity contribution in [2.45, 2.75) is 38.5 Å². The lowest BCUT2D eigenvalue weighted by atomic mass is 9.79. The molecule has 2 aliphatic rings. The van der Waals surface area contributed by atoms with Crippen LogP contribution in [0.2, 0.25) is 0 Å². The van der Waals surface area contributed by atoms with E-state index < -0.39 is 0 Å². The molecular weight excluding hydrogens is 735 g/mol. The second-order valence-electron chi connectivity index (χ2n) is 17.7. The van der Waals surface area contributed by atoms with Crippen LogP contribution in [0, 0.1) is 0 Å². The predicted octanol–water partition coefficient (Wildman–Crippen LogP) is 16.4. The minimum Gasteiger partial charge on any atom is -0.310 e. The van der Waals surface area contributed by atoms with Crippen molar-refractivity contribution < 1.29 is 0 Å². The summed E-state index contributed by atoms with van der Waals surface area (Å²) in [5.41, 5.74) is 23.6. The molecule has 0 radical (unpaired) electrons. The number of fused-ring (bicyclic) bond motifs is 6. The second kappa shape index (κ2) is 14.2. The zero-order valence-electron chi connectivity index (χ0n) is 35.2. The van der Waals surface area contributed by atoms with E-state index in [1.165, 1.54) is 89.0 Å². The molecule has 0 fully saturated rings. The average molecular weight is 782 g/mol. The average Bonchev–Trinajstić information content (AvgIpc) is 3.69. The Balaban J connectivity index is 1.15. The molecule has 61 heavy (non-hydrogen) atoms. The van der Waals surface area contributed by atoms with Gasteiger partial charge in [0, 0.05) is 27.8 Å². The summed E-state index contributed by atoms with van der Waals surface area (Å²) in [6.07, 6.45) is 0. The quantitative estimate of drug-likeness (QED) is 0.156. The Labute approximate surface area is 360 Å². The number of rotatable bonds is 7. The van der Waals surface area contributed by atoms with Crippen molar-refractivity contribution in [1.29, 1.82) is 0 Å². The highest BCUT2D eigenvalue weighted by atomic mass is 15.1. The molecule has 1 heteroatoms. The minimum absolute atomic E-state index is 0.0900. The van der Waals surface area contributed by atoms with Crippen molar-refractivity contribution in [1.82, 2.24) is 0 Å². The monoisotopic (exact) mass is 781 g/mol. The van der Waals surface area contributed by atoms with E-state index in [0.717, 1.165) is 17.1 Å². The van der Waals surface area contributed by atoms with E-state index in [0.29, 0.717) is 0 Å². The third-order valence-electron chi connectivity index (χ3n) is 13.5. The first-order valence-electron chi connectivity index (χ1n) is 21.5. The fourth-order valence-electron chi connectivity index (χ4n) is 10.6. The Morgan fingerprint density at radius 1 is 0.295 bits per heavy atom. The summed E-state index contributed by atoms with van der Waals surface area (Å²) in [7, 11) is 0. The topological polar surface area (TPSA) is 3.24 Å². The van der Waals surface area contributed by atoms with Crippen molar-refractivity contribution in [3.63, 3.8) is 0 Å². The maximum absolute atomic E-state index is 2.50. The minimum atomic E-state index is -0.110. The van der Waals surface area contributed by atoms with Gasteiger partial charge in [-0.05, 0) is 114 Å². The van der Waals surface area contributed by atoms with Crippen molar-refractivity contribution >= 4 is 17.1 Å². The van der Waals surface area contributed by atoms with Crippen LogP contribution in [-0.4, -0.2) is 0 Å². The van der Waals surface area contributed by atoms with Crippen LogP contribution in [0.4, 0.5) is 17.1 Å². The molecule has 0 unspecified atom stereocenters. The van der Waals surface area contributed by atoms with Gasteiger partial charge in [-0.15, -0.1) is 0 Å². The molecule has 9 aromatic carbocycles. The van der Waals surface area contributed by atoms with E-state index in [1.807, 2.05) is 0 Å². The molecule has 0 saturated heterocycles. The fourth-order valence-corrected chi connectivity index (χ4v) is 10.6. The van der Waals surface area contributed by atoms with Crippen LogP contribution in [0.25, 0.3) is 66.8 Å². The molecule has 0 aliphatic heterocycles. The van der Waals surface area contributed by atoms with Gasteiger partial charge in [0.05, 0.1) is 5.69 Å². The summed E-state index contributed by atoms with van der Waals surface area (Å²) < 4.78 is 0. The maximum Gasteiger partial charge on any atom is 0.0546 e. The van der Waals surface area contributed by atoms with Crippen LogP contribution in [0.15, 0.2) is 212 Å². The lowest BCUT2D eigenvalue weighted by molar-refractivity contribution is 0.660. The van der Waals surface area contributed by atoms with Gasteiger partial charge in [0.15, 0.2) is 0 Å². The van der Waals surface area contributed by atoms with Crippen molar-refractivity contribution in [3.8, 4) is 66.8 Å².